The first-order chi connectivity index (χ1) is 7.33. The quantitative estimate of drug-likeness (QED) is 0.592. The van der Waals surface area contributed by atoms with Gasteiger partial charge in [-0.2, -0.15) is 11.8 Å². The third kappa shape index (κ3) is 5.44. The van der Waals surface area contributed by atoms with Crippen LogP contribution in [0.1, 0.15) is 6.42 Å². The van der Waals surface area contributed by atoms with Gasteiger partial charge in [0.2, 0.25) is 5.95 Å². The minimum atomic E-state index is 0.265. The number of aromatic nitrogens is 2. The zero-order valence-electron chi connectivity index (χ0n) is 8.52. The fourth-order valence-corrected chi connectivity index (χ4v) is 1.72. The predicted octanol–water partition coefficient (Wildman–Crippen LogP) is 0.586. The fraction of sp³-hybridized carbons (Fsp3) is 0.556. The summed E-state index contributed by atoms with van der Waals surface area (Å²) in [6, 6.07) is 0. The van der Waals surface area contributed by atoms with Gasteiger partial charge in [-0.3, -0.25) is 0 Å². The number of thioether (sulfide) groups is 1. The summed E-state index contributed by atoms with van der Waals surface area (Å²) >= 11 is 1.80. The average molecular weight is 228 g/mol. The van der Waals surface area contributed by atoms with Crippen molar-refractivity contribution in [3.05, 3.63) is 12.4 Å². The van der Waals surface area contributed by atoms with Gasteiger partial charge < -0.3 is 16.2 Å². The van der Waals surface area contributed by atoms with Crippen molar-refractivity contribution in [2.75, 3.05) is 35.7 Å². The van der Waals surface area contributed by atoms with E-state index in [4.69, 9.17) is 10.8 Å². The molecule has 6 heteroatoms. The summed E-state index contributed by atoms with van der Waals surface area (Å²) in [5.74, 6) is 2.57. The summed E-state index contributed by atoms with van der Waals surface area (Å²) in [6.07, 6.45) is 4.01. The average Bonchev–Trinajstić information content (AvgIpc) is 2.26. The number of aliphatic hydroxyl groups is 1. The van der Waals surface area contributed by atoms with E-state index in [0.717, 1.165) is 24.5 Å². The van der Waals surface area contributed by atoms with Gasteiger partial charge in [0.1, 0.15) is 0 Å². The summed E-state index contributed by atoms with van der Waals surface area (Å²) < 4.78 is 0. The molecule has 0 atom stereocenters. The van der Waals surface area contributed by atoms with E-state index in [1.807, 2.05) is 0 Å². The number of nitrogens with one attached hydrogen (secondary N) is 1. The Morgan fingerprint density at radius 1 is 1.33 bits per heavy atom. The monoisotopic (exact) mass is 228 g/mol. The maximum absolute atomic E-state index is 8.57. The Balaban J connectivity index is 2.07. The lowest BCUT2D eigenvalue weighted by Gasteiger charge is -2.03. The van der Waals surface area contributed by atoms with Crippen molar-refractivity contribution < 1.29 is 5.11 Å². The van der Waals surface area contributed by atoms with Gasteiger partial charge in [-0.15, -0.1) is 0 Å². The molecule has 1 heterocycles. The number of nitrogens with zero attached hydrogens (tertiary/aromatic N) is 2. The van der Waals surface area contributed by atoms with Crippen LogP contribution in [0.4, 0.5) is 11.6 Å². The van der Waals surface area contributed by atoms with Crippen molar-refractivity contribution in [3.8, 4) is 0 Å². The first-order valence-corrected chi connectivity index (χ1v) is 5.98. The number of hydrogen-bond donors (Lipinski definition) is 3. The SMILES string of the molecule is Nc1cnc(NCCSCCCO)nc1. The zero-order chi connectivity index (χ0) is 10.9. The predicted molar refractivity (Wildman–Crippen MR) is 64.0 cm³/mol. The van der Waals surface area contributed by atoms with Crippen LogP contribution >= 0.6 is 11.8 Å². The number of hydrogen-bond acceptors (Lipinski definition) is 6. The molecule has 0 fully saturated rings. The van der Waals surface area contributed by atoms with Crippen molar-refractivity contribution in [1.82, 2.24) is 9.97 Å². The molecule has 0 aliphatic carbocycles. The van der Waals surface area contributed by atoms with Crippen molar-refractivity contribution in [2.24, 2.45) is 0 Å². The van der Waals surface area contributed by atoms with Crippen LogP contribution in [-0.4, -0.2) is 39.7 Å². The number of nitrogen functional groups attached to an aromatic ring is 1. The molecule has 0 aromatic carbocycles. The maximum Gasteiger partial charge on any atom is 0.222 e. The second kappa shape index (κ2) is 7.30. The highest BCUT2D eigenvalue weighted by atomic mass is 32.2. The highest BCUT2D eigenvalue weighted by molar-refractivity contribution is 7.99. The van der Waals surface area contributed by atoms with Gasteiger partial charge in [0.25, 0.3) is 0 Å². The summed E-state index contributed by atoms with van der Waals surface area (Å²) in [4.78, 5) is 8.03. The Kier molecular flexibility index (Phi) is 5.87. The summed E-state index contributed by atoms with van der Waals surface area (Å²) in [7, 11) is 0. The lowest BCUT2D eigenvalue weighted by molar-refractivity contribution is 0.296. The topological polar surface area (TPSA) is 84.1 Å². The molecule has 0 unspecified atom stereocenters. The van der Waals surface area contributed by atoms with Crippen LogP contribution in [-0.2, 0) is 0 Å². The van der Waals surface area contributed by atoms with Crippen molar-refractivity contribution in [1.29, 1.82) is 0 Å². The molecule has 0 bridgehead atoms. The standard InChI is InChI=1S/C9H16N4OS/c10-8-6-12-9(13-7-8)11-2-5-15-4-1-3-14/h6-7,14H,1-5,10H2,(H,11,12,13). The largest absolute Gasteiger partial charge is 0.396 e. The van der Waals surface area contributed by atoms with E-state index >= 15 is 0 Å². The van der Waals surface area contributed by atoms with Gasteiger partial charge in [-0.05, 0) is 12.2 Å². The minimum Gasteiger partial charge on any atom is -0.396 e. The number of anilines is 2. The third-order valence-corrected chi connectivity index (χ3v) is 2.72. The van der Waals surface area contributed by atoms with Crippen LogP contribution in [0.15, 0.2) is 12.4 Å². The minimum absolute atomic E-state index is 0.265. The molecule has 0 saturated carbocycles. The van der Waals surface area contributed by atoms with E-state index in [0.29, 0.717) is 11.6 Å². The van der Waals surface area contributed by atoms with Crippen LogP contribution < -0.4 is 11.1 Å². The summed E-state index contributed by atoms with van der Waals surface area (Å²) in [5.41, 5.74) is 6.02. The molecule has 0 spiro atoms. The molecule has 0 saturated heterocycles. The van der Waals surface area contributed by atoms with E-state index in [-0.39, 0.29) is 6.61 Å². The lowest BCUT2D eigenvalue weighted by Crippen LogP contribution is -2.08. The molecule has 4 N–H and O–H groups in total. The Bertz CT molecular complexity index is 267. The van der Waals surface area contributed by atoms with Crippen molar-refractivity contribution in [2.45, 2.75) is 6.42 Å². The summed E-state index contributed by atoms with van der Waals surface area (Å²) in [6.45, 7) is 1.08. The molecular formula is C9H16N4OS. The Morgan fingerprint density at radius 2 is 2.07 bits per heavy atom. The molecule has 1 aromatic rings. The summed E-state index contributed by atoms with van der Waals surface area (Å²) in [5, 5.41) is 11.7. The Morgan fingerprint density at radius 3 is 2.73 bits per heavy atom. The van der Waals surface area contributed by atoms with Gasteiger partial charge in [0.15, 0.2) is 0 Å². The molecule has 0 amide bonds. The molecule has 5 nitrogen and oxygen atoms in total. The van der Waals surface area contributed by atoms with Gasteiger partial charge >= 0.3 is 0 Å². The molecule has 1 rings (SSSR count). The Hall–Kier alpha value is -1.01. The normalized spacial score (nSPS) is 10.2. The van der Waals surface area contributed by atoms with Crippen LogP contribution in [0.3, 0.4) is 0 Å². The number of nitrogens with two attached hydrogens (primary N) is 1. The highest BCUT2D eigenvalue weighted by Gasteiger charge is 1.94. The first kappa shape index (κ1) is 12.1. The smallest absolute Gasteiger partial charge is 0.222 e. The van der Waals surface area contributed by atoms with Gasteiger partial charge in [0, 0.05) is 18.9 Å². The number of rotatable bonds is 7. The molecule has 0 aliphatic rings. The lowest BCUT2D eigenvalue weighted by atomic mass is 10.5. The number of aliphatic hydroxyl groups excluding tert-OH is 1. The van der Waals surface area contributed by atoms with E-state index in [1.54, 1.807) is 24.2 Å². The second-order valence-corrected chi connectivity index (χ2v) is 4.18. The highest BCUT2D eigenvalue weighted by Crippen LogP contribution is 2.03. The van der Waals surface area contributed by atoms with E-state index in [9.17, 15) is 0 Å². The fourth-order valence-electron chi connectivity index (χ4n) is 0.933. The van der Waals surface area contributed by atoms with Crippen LogP contribution in [0.5, 0.6) is 0 Å². The van der Waals surface area contributed by atoms with E-state index < -0.39 is 0 Å². The van der Waals surface area contributed by atoms with Gasteiger partial charge in [0.05, 0.1) is 18.1 Å². The van der Waals surface area contributed by atoms with Crippen molar-refractivity contribution >= 4 is 23.4 Å². The zero-order valence-corrected chi connectivity index (χ0v) is 9.33. The second-order valence-electron chi connectivity index (χ2n) is 2.96. The molecule has 15 heavy (non-hydrogen) atoms. The Labute approximate surface area is 93.5 Å². The molecule has 84 valence electrons. The molecule has 1 aromatic heterocycles. The molecular weight excluding hydrogens is 212 g/mol. The van der Waals surface area contributed by atoms with Gasteiger partial charge in [-0.25, -0.2) is 9.97 Å². The van der Waals surface area contributed by atoms with Crippen LogP contribution in [0.2, 0.25) is 0 Å². The third-order valence-electron chi connectivity index (χ3n) is 1.65. The molecule has 0 aliphatic heterocycles. The maximum atomic E-state index is 8.57. The first-order valence-electron chi connectivity index (χ1n) is 4.83. The molecule has 0 radical (unpaired) electrons. The van der Waals surface area contributed by atoms with E-state index in [2.05, 4.69) is 15.3 Å². The van der Waals surface area contributed by atoms with Gasteiger partial charge in [-0.1, -0.05) is 0 Å². The van der Waals surface area contributed by atoms with E-state index in [1.165, 1.54) is 0 Å². The van der Waals surface area contributed by atoms with Crippen LogP contribution in [0, 0.1) is 0 Å². The van der Waals surface area contributed by atoms with Crippen molar-refractivity contribution in [3.63, 3.8) is 0 Å². The van der Waals surface area contributed by atoms with Crippen LogP contribution in [0.25, 0.3) is 0 Å².